The third-order valence-electron chi connectivity index (χ3n) is 3.99. The van der Waals surface area contributed by atoms with E-state index in [4.69, 9.17) is 4.74 Å². The highest BCUT2D eigenvalue weighted by Gasteiger charge is 2.01. The molecule has 0 atom stereocenters. The second-order valence-corrected chi connectivity index (χ2v) is 7.26. The minimum Gasteiger partial charge on any atom is -0.385 e. The molecule has 2 heteroatoms. The molecule has 112 valence electrons. The summed E-state index contributed by atoms with van der Waals surface area (Å²) in [5.41, 5.74) is 1.40. The molecule has 0 heterocycles. The van der Waals surface area contributed by atoms with E-state index < -0.39 is 0 Å². The number of hydrogen-bond acceptors (Lipinski definition) is 1. The maximum Gasteiger partial charge on any atom is 0.0856 e. The topological polar surface area (TPSA) is 9.23 Å². The summed E-state index contributed by atoms with van der Waals surface area (Å²) >= 11 is 0. The van der Waals surface area contributed by atoms with Crippen molar-refractivity contribution in [1.29, 1.82) is 0 Å². The lowest BCUT2D eigenvalue weighted by molar-refractivity contribution is 0.174. The van der Waals surface area contributed by atoms with Crippen LogP contribution in [0.2, 0.25) is 0 Å². The van der Waals surface area contributed by atoms with Crippen molar-refractivity contribution in [2.45, 2.75) is 12.8 Å². The number of ether oxygens (including phenoxy) is 1. The zero-order valence-electron chi connectivity index (χ0n) is 12.9. The van der Waals surface area contributed by atoms with Crippen molar-refractivity contribution in [3.05, 3.63) is 78.4 Å². The molecule has 0 aliphatic heterocycles. The van der Waals surface area contributed by atoms with Crippen LogP contribution in [0.5, 0.6) is 0 Å². The molecule has 0 aliphatic carbocycles. The SMILES string of the molecule is c1ccc(CCCOC[SiH2]c2cccc3ccccc23)cc1. The maximum absolute atomic E-state index is 5.87. The van der Waals surface area contributed by atoms with E-state index in [-0.39, 0.29) is 9.52 Å². The molecule has 0 saturated heterocycles. The molecular formula is C20H22OSi. The number of fused-ring (bicyclic) bond motifs is 1. The van der Waals surface area contributed by atoms with Crippen molar-refractivity contribution < 1.29 is 4.74 Å². The Morgan fingerprint density at radius 2 is 1.55 bits per heavy atom. The summed E-state index contributed by atoms with van der Waals surface area (Å²) in [6, 6.07) is 25.9. The molecule has 0 saturated carbocycles. The van der Waals surface area contributed by atoms with Gasteiger partial charge in [-0.1, -0.05) is 78.0 Å². The van der Waals surface area contributed by atoms with Crippen LogP contribution in [-0.4, -0.2) is 22.4 Å². The molecular weight excluding hydrogens is 284 g/mol. The van der Waals surface area contributed by atoms with Crippen molar-refractivity contribution in [2.75, 3.05) is 12.8 Å². The van der Waals surface area contributed by atoms with Crippen LogP contribution in [0, 0.1) is 0 Å². The summed E-state index contributed by atoms with van der Waals surface area (Å²) in [5.74, 6) is 0. The van der Waals surface area contributed by atoms with Crippen LogP contribution in [0.4, 0.5) is 0 Å². The Balaban J connectivity index is 1.43. The van der Waals surface area contributed by atoms with Crippen LogP contribution >= 0.6 is 0 Å². The second-order valence-electron chi connectivity index (χ2n) is 5.59. The van der Waals surface area contributed by atoms with Gasteiger partial charge in [0.05, 0.1) is 9.52 Å². The van der Waals surface area contributed by atoms with Gasteiger partial charge in [-0.05, 0) is 29.2 Å². The van der Waals surface area contributed by atoms with Crippen LogP contribution in [0.3, 0.4) is 0 Å². The Hall–Kier alpha value is -1.90. The molecule has 0 bridgehead atoms. The van der Waals surface area contributed by atoms with Crippen molar-refractivity contribution in [3.63, 3.8) is 0 Å². The lowest BCUT2D eigenvalue weighted by Crippen LogP contribution is -2.20. The van der Waals surface area contributed by atoms with E-state index in [0.717, 1.165) is 25.7 Å². The average molecular weight is 306 g/mol. The predicted molar refractivity (Wildman–Crippen MR) is 97.7 cm³/mol. The molecule has 0 unspecified atom stereocenters. The standard InChI is InChI=1S/C20H22OSi/c1-2-8-17(9-3-1)10-7-15-21-16-22-20-14-6-12-18-11-4-5-13-19(18)20/h1-6,8-9,11-14H,7,10,15-16,22H2. The fraction of sp³-hybridized carbons (Fsp3) is 0.200. The van der Waals surface area contributed by atoms with Crippen LogP contribution in [0.1, 0.15) is 12.0 Å². The lowest BCUT2D eigenvalue weighted by atomic mass is 10.1. The summed E-state index contributed by atoms with van der Waals surface area (Å²) in [5, 5.41) is 4.27. The molecule has 0 fully saturated rings. The van der Waals surface area contributed by atoms with Gasteiger partial charge in [-0.3, -0.25) is 0 Å². The number of hydrogen-bond donors (Lipinski definition) is 0. The second kappa shape index (κ2) is 7.92. The first kappa shape index (κ1) is 15.0. The van der Waals surface area contributed by atoms with Gasteiger partial charge in [-0.15, -0.1) is 0 Å². The first-order valence-electron chi connectivity index (χ1n) is 8.02. The summed E-state index contributed by atoms with van der Waals surface area (Å²) in [4.78, 5) is 0. The summed E-state index contributed by atoms with van der Waals surface area (Å²) in [6.45, 7) is 0.868. The Kier molecular flexibility index (Phi) is 5.41. The smallest absolute Gasteiger partial charge is 0.0856 e. The van der Waals surface area contributed by atoms with E-state index in [1.807, 2.05) is 0 Å². The average Bonchev–Trinajstić information content (AvgIpc) is 2.59. The van der Waals surface area contributed by atoms with Gasteiger partial charge in [-0.25, -0.2) is 0 Å². The molecule has 0 radical (unpaired) electrons. The van der Waals surface area contributed by atoms with Gasteiger partial charge in [0.1, 0.15) is 0 Å². The van der Waals surface area contributed by atoms with Crippen LogP contribution < -0.4 is 5.19 Å². The molecule has 3 aromatic rings. The first-order valence-corrected chi connectivity index (χ1v) is 9.72. The quantitative estimate of drug-likeness (QED) is 0.481. The van der Waals surface area contributed by atoms with Gasteiger partial charge in [0, 0.05) is 12.8 Å². The first-order chi connectivity index (χ1) is 10.9. The Labute approximate surface area is 134 Å². The molecule has 0 N–H and O–H groups in total. The number of benzene rings is 3. The summed E-state index contributed by atoms with van der Waals surface area (Å²) in [7, 11) is -0.346. The Morgan fingerprint density at radius 1 is 0.773 bits per heavy atom. The highest BCUT2D eigenvalue weighted by Crippen LogP contribution is 2.10. The van der Waals surface area contributed by atoms with E-state index in [1.165, 1.54) is 21.5 Å². The van der Waals surface area contributed by atoms with Crippen LogP contribution in [0.25, 0.3) is 10.8 Å². The highest BCUT2D eigenvalue weighted by atomic mass is 28.2. The monoisotopic (exact) mass is 306 g/mol. The van der Waals surface area contributed by atoms with Crippen molar-refractivity contribution in [3.8, 4) is 0 Å². The molecule has 0 aromatic heterocycles. The van der Waals surface area contributed by atoms with Gasteiger partial charge < -0.3 is 4.74 Å². The highest BCUT2D eigenvalue weighted by molar-refractivity contribution is 6.57. The van der Waals surface area contributed by atoms with Crippen LogP contribution in [0.15, 0.2) is 72.8 Å². The minimum absolute atomic E-state index is 0.346. The zero-order valence-corrected chi connectivity index (χ0v) is 14.3. The van der Waals surface area contributed by atoms with E-state index in [0.29, 0.717) is 0 Å². The van der Waals surface area contributed by atoms with Crippen LogP contribution in [-0.2, 0) is 11.2 Å². The van der Waals surface area contributed by atoms with Gasteiger partial charge in [-0.2, -0.15) is 0 Å². The molecule has 0 spiro atoms. The van der Waals surface area contributed by atoms with E-state index in [9.17, 15) is 0 Å². The third-order valence-corrected chi connectivity index (χ3v) is 5.64. The van der Waals surface area contributed by atoms with Gasteiger partial charge in [0.25, 0.3) is 0 Å². The Morgan fingerprint density at radius 3 is 2.45 bits per heavy atom. The number of aryl methyl sites for hydroxylation is 1. The Bertz CT molecular complexity index is 704. The maximum atomic E-state index is 5.87. The normalized spacial score (nSPS) is 11.5. The van der Waals surface area contributed by atoms with Gasteiger partial charge >= 0.3 is 0 Å². The van der Waals surface area contributed by atoms with E-state index >= 15 is 0 Å². The largest absolute Gasteiger partial charge is 0.385 e. The fourth-order valence-electron chi connectivity index (χ4n) is 2.82. The molecule has 3 rings (SSSR count). The fourth-order valence-corrected chi connectivity index (χ4v) is 4.28. The van der Waals surface area contributed by atoms with E-state index in [1.54, 1.807) is 0 Å². The van der Waals surface area contributed by atoms with Crippen molar-refractivity contribution in [2.24, 2.45) is 0 Å². The van der Waals surface area contributed by atoms with E-state index in [2.05, 4.69) is 72.8 Å². The van der Waals surface area contributed by atoms with Crippen molar-refractivity contribution in [1.82, 2.24) is 0 Å². The summed E-state index contributed by atoms with van der Waals surface area (Å²) < 4.78 is 5.87. The molecule has 0 amide bonds. The van der Waals surface area contributed by atoms with Gasteiger partial charge in [0.15, 0.2) is 0 Å². The minimum atomic E-state index is -0.346. The van der Waals surface area contributed by atoms with Gasteiger partial charge in [0.2, 0.25) is 0 Å². The third kappa shape index (κ3) is 4.06. The van der Waals surface area contributed by atoms with Crippen molar-refractivity contribution >= 4 is 25.5 Å². The molecule has 1 nitrogen and oxygen atoms in total. The molecule has 22 heavy (non-hydrogen) atoms. The lowest BCUT2D eigenvalue weighted by Gasteiger charge is -2.07. The molecule has 3 aromatic carbocycles. The predicted octanol–water partition coefficient (Wildman–Crippen LogP) is 3.24. The zero-order chi connectivity index (χ0) is 15.0. The molecule has 0 aliphatic rings. The summed E-state index contributed by atoms with van der Waals surface area (Å²) in [6.07, 6.45) is 3.15. The number of rotatable bonds is 7.